The largest absolute Gasteiger partial charge is 0.463 e. The van der Waals surface area contributed by atoms with Crippen LogP contribution < -0.4 is 10.1 Å². The first-order valence-corrected chi connectivity index (χ1v) is 7.63. The Labute approximate surface area is 119 Å². The van der Waals surface area contributed by atoms with Crippen molar-refractivity contribution in [3.63, 3.8) is 0 Å². The molecule has 1 amide bonds. The fourth-order valence-electron chi connectivity index (χ4n) is 2.72. The van der Waals surface area contributed by atoms with Gasteiger partial charge in [-0.3, -0.25) is 10.1 Å². The first-order chi connectivity index (χ1) is 9.78. The smallest absolute Gasteiger partial charge is 0.337 e. The van der Waals surface area contributed by atoms with E-state index in [4.69, 9.17) is 4.74 Å². The molecule has 112 valence electrons. The zero-order chi connectivity index (χ0) is 14.2. The summed E-state index contributed by atoms with van der Waals surface area (Å²) in [6, 6.07) is 0.269. The molecular weight excluding hydrogens is 256 g/mol. The van der Waals surface area contributed by atoms with Crippen molar-refractivity contribution >= 4 is 11.9 Å². The molecule has 0 bridgehead atoms. The van der Waals surface area contributed by atoms with Crippen molar-refractivity contribution in [2.24, 2.45) is 5.92 Å². The van der Waals surface area contributed by atoms with Crippen molar-refractivity contribution in [3.05, 3.63) is 0 Å². The molecule has 0 unspecified atom stereocenters. The number of hydrogen-bond acceptors (Lipinski definition) is 4. The number of amides is 1. The molecule has 0 aromatic carbocycles. The summed E-state index contributed by atoms with van der Waals surface area (Å²) in [5, 5.41) is 9.19. The van der Waals surface area contributed by atoms with Crippen molar-refractivity contribution in [2.45, 2.75) is 58.3 Å². The van der Waals surface area contributed by atoms with Gasteiger partial charge >= 0.3 is 6.01 Å². The molecule has 6 nitrogen and oxygen atoms in total. The third-order valence-corrected chi connectivity index (χ3v) is 3.74. The van der Waals surface area contributed by atoms with Gasteiger partial charge in [0.15, 0.2) is 0 Å². The minimum absolute atomic E-state index is 0.0139. The Morgan fingerprint density at radius 1 is 1.40 bits per heavy atom. The molecule has 0 saturated heterocycles. The Morgan fingerprint density at radius 3 is 2.95 bits per heavy atom. The van der Waals surface area contributed by atoms with Gasteiger partial charge in [0.1, 0.15) is 0 Å². The van der Waals surface area contributed by atoms with Gasteiger partial charge in [0, 0.05) is 6.42 Å². The first kappa shape index (κ1) is 14.8. The van der Waals surface area contributed by atoms with E-state index >= 15 is 0 Å². The standard InChI is InChI=1S/C14H24N4O2/c1-2-20-14-16-13(17-18-14)15-12(19)10-6-9-11-7-4-3-5-8-11/h11H,2-10H2,1H3,(H2,15,16,17,18,19). The molecular formula is C14H24N4O2. The topological polar surface area (TPSA) is 79.9 Å². The molecule has 0 spiro atoms. The zero-order valence-electron chi connectivity index (χ0n) is 12.2. The number of aromatic amines is 1. The van der Waals surface area contributed by atoms with Crippen LogP contribution in [0.25, 0.3) is 0 Å². The Bertz CT molecular complexity index is 413. The lowest BCUT2D eigenvalue weighted by Gasteiger charge is -2.20. The fraction of sp³-hybridized carbons (Fsp3) is 0.786. The van der Waals surface area contributed by atoms with E-state index in [0.29, 0.717) is 19.0 Å². The van der Waals surface area contributed by atoms with Crippen LogP contribution in [0.3, 0.4) is 0 Å². The molecule has 1 fully saturated rings. The van der Waals surface area contributed by atoms with Crippen molar-refractivity contribution in [1.29, 1.82) is 0 Å². The van der Waals surface area contributed by atoms with Crippen molar-refractivity contribution < 1.29 is 9.53 Å². The lowest BCUT2D eigenvalue weighted by Crippen LogP contribution is -2.13. The molecule has 1 saturated carbocycles. The average Bonchev–Trinajstić information content (AvgIpc) is 2.88. The predicted octanol–water partition coefficient (Wildman–Crippen LogP) is 2.89. The quantitative estimate of drug-likeness (QED) is 0.804. The molecule has 6 heteroatoms. The van der Waals surface area contributed by atoms with Gasteiger partial charge in [0.05, 0.1) is 6.61 Å². The zero-order valence-corrected chi connectivity index (χ0v) is 12.2. The van der Waals surface area contributed by atoms with E-state index in [1.807, 2.05) is 6.92 Å². The second kappa shape index (κ2) is 7.87. The van der Waals surface area contributed by atoms with E-state index in [9.17, 15) is 4.79 Å². The number of rotatable bonds is 7. The van der Waals surface area contributed by atoms with Crippen LogP contribution in [0.15, 0.2) is 0 Å². The van der Waals surface area contributed by atoms with Crippen molar-refractivity contribution in [1.82, 2.24) is 15.2 Å². The Balaban J connectivity index is 1.64. The van der Waals surface area contributed by atoms with Gasteiger partial charge in [-0.2, -0.15) is 4.98 Å². The lowest BCUT2D eigenvalue weighted by atomic mass is 9.86. The van der Waals surface area contributed by atoms with Gasteiger partial charge in [-0.25, -0.2) is 5.10 Å². The second-order valence-corrected chi connectivity index (χ2v) is 5.34. The Hall–Kier alpha value is -1.59. The summed E-state index contributed by atoms with van der Waals surface area (Å²) in [6.45, 7) is 2.37. The number of nitrogens with one attached hydrogen (secondary N) is 2. The van der Waals surface area contributed by atoms with Crippen LogP contribution in [0.1, 0.15) is 58.3 Å². The van der Waals surface area contributed by atoms with E-state index < -0.39 is 0 Å². The van der Waals surface area contributed by atoms with Gasteiger partial charge in [-0.05, 0) is 25.7 Å². The van der Waals surface area contributed by atoms with Crippen LogP contribution in [0.5, 0.6) is 6.01 Å². The second-order valence-electron chi connectivity index (χ2n) is 5.34. The fourth-order valence-corrected chi connectivity index (χ4v) is 2.72. The molecule has 1 aliphatic rings. The van der Waals surface area contributed by atoms with Crippen LogP contribution in [0.4, 0.5) is 5.95 Å². The van der Waals surface area contributed by atoms with Crippen LogP contribution in [0, 0.1) is 5.92 Å². The third kappa shape index (κ3) is 4.83. The summed E-state index contributed by atoms with van der Waals surface area (Å²) in [4.78, 5) is 15.8. The maximum Gasteiger partial charge on any atom is 0.337 e. The lowest BCUT2D eigenvalue weighted by molar-refractivity contribution is -0.116. The Morgan fingerprint density at radius 2 is 2.20 bits per heavy atom. The molecule has 0 atom stereocenters. The minimum Gasteiger partial charge on any atom is -0.463 e. The molecule has 20 heavy (non-hydrogen) atoms. The van der Waals surface area contributed by atoms with Crippen LogP contribution in [-0.4, -0.2) is 27.7 Å². The molecule has 0 radical (unpaired) electrons. The summed E-state index contributed by atoms with van der Waals surface area (Å²) in [5.74, 6) is 1.17. The number of hydrogen-bond donors (Lipinski definition) is 2. The molecule has 1 aromatic heterocycles. The summed E-state index contributed by atoms with van der Waals surface area (Å²) >= 11 is 0. The maximum absolute atomic E-state index is 11.8. The number of nitrogens with zero attached hydrogens (tertiary/aromatic N) is 2. The summed E-state index contributed by atoms with van der Waals surface area (Å²) in [6.07, 6.45) is 9.41. The first-order valence-electron chi connectivity index (χ1n) is 7.63. The third-order valence-electron chi connectivity index (χ3n) is 3.74. The van der Waals surface area contributed by atoms with Gasteiger partial charge in [-0.15, -0.1) is 5.10 Å². The molecule has 1 aromatic rings. The van der Waals surface area contributed by atoms with E-state index in [2.05, 4.69) is 20.5 Å². The van der Waals surface area contributed by atoms with Crippen molar-refractivity contribution in [2.75, 3.05) is 11.9 Å². The molecule has 1 heterocycles. The van der Waals surface area contributed by atoms with Crippen LogP contribution in [0.2, 0.25) is 0 Å². The summed E-state index contributed by atoms with van der Waals surface area (Å²) < 4.78 is 5.12. The normalized spacial score (nSPS) is 16.1. The van der Waals surface area contributed by atoms with Crippen LogP contribution >= 0.6 is 0 Å². The summed E-state index contributed by atoms with van der Waals surface area (Å²) in [7, 11) is 0. The average molecular weight is 280 g/mol. The minimum atomic E-state index is -0.0139. The maximum atomic E-state index is 11.8. The van der Waals surface area contributed by atoms with Crippen molar-refractivity contribution in [3.8, 4) is 6.01 Å². The number of H-pyrrole nitrogens is 1. The van der Waals surface area contributed by atoms with E-state index in [-0.39, 0.29) is 11.9 Å². The van der Waals surface area contributed by atoms with Gasteiger partial charge in [0.2, 0.25) is 11.9 Å². The highest BCUT2D eigenvalue weighted by molar-refractivity contribution is 5.88. The Kier molecular flexibility index (Phi) is 5.83. The van der Waals surface area contributed by atoms with Gasteiger partial charge < -0.3 is 4.74 Å². The number of carbonyl (C=O) groups is 1. The van der Waals surface area contributed by atoms with E-state index in [1.165, 1.54) is 32.1 Å². The van der Waals surface area contributed by atoms with E-state index in [0.717, 1.165) is 18.8 Å². The van der Waals surface area contributed by atoms with E-state index in [1.54, 1.807) is 0 Å². The number of ether oxygens (including phenoxy) is 1. The molecule has 2 N–H and O–H groups in total. The number of aromatic nitrogens is 3. The SMILES string of the molecule is CCOc1n[nH]c(NC(=O)CCCC2CCCCC2)n1. The number of carbonyl (C=O) groups excluding carboxylic acids is 1. The highest BCUT2D eigenvalue weighted by atomic mass is 16.5. The molecule has 2 rings (SSSR count). The molecule has 1 aliphatic carbocycles. The van der Waals surface area contributed by atoms with Crippen LogP contribution in [-0.2, 0) is 4.79 Å². The van der Waals surface area contributed by atoms with Gasteiger partial charge in [-0.1, -0.05) is 32.1 Å². The highest BCUT2D eigenvalue weighted by Crippen LogP contribution is 2.27. The monoisotopic (exact) mass is 280 g/mol. The van der Waals surface area contributed by atoms with Gasteiger partial charge in [0.25, 0.3) is 0 Å². The highest BCUT2D eigenvalue weighted by Gasteiger charge is 2.14. The predicted molar refractivity (Wildman–Crippen MR) is 76.6 cm³/mol. The summed E-state index contributed by atoms with van der Waals surface area (Å²) in [5.41, 5.74) is 0. The molecule has 0 aliphatic heterocycles. The number of anilines is 1.